The minimum absolute atomic E-state index is 0.169. The Morgan fingerprint density at radius 1 is 1.47 bits per heavy atom. The molecule has 100 valence electrons. The van der Waals surface area contributed by atoms with Gasteiger partial charge in [0.1, 0.15) is 5.69 Å². The molecule has 0 bridgehead atoms. The monoisotopic (exact) mass is 278 g/mol. The van der Waals surface area contributed by atoms with Gasteiger partial charge in [0, 0.05) is 6.20 Å². The van der Waals surface area contributed by atoms with Crippen LogP contribution in [0.5, 0.6) is 0 Å². The maximum absolute atomic E-state index is 5.82. The lowest BCUT2D eigenvalue weighted by Gasteiger charge is -2.22. The molecule has 6 heteroatoms. The Kier molecular flexibility index (Phi) is 3.24. The lowest BCUT2D eigenvalue weighted by atomic mass is 9.94. The van der Waals surface area contributed by atoms with Crippen LogP contribution in [0.25, 0.3) is 11.5 Å². The predicted molar refractivity (Wildman–Crippen MR) is 71.7 cm³/mol. The van der Waals surface area contributed by atoms with Crippen LogP contribution in [0.4, 0.5) is 0 Å². The lowest BCUT2D eigenvalue weighted by Crippen LogP contribution is -2.36. The third-order valence-corrected chi connectivity index (χ3v) is 3.86. The summed E-state index contributed by atoms with van der Waals surface area (Å²) in [5.41, 5.74) is 0.501. The first-order valence-electron chi connectivity index (χ1n) is 6.45. The molecule has 0 aromatic carbocycles. The molecule has 2 aromatic rings. The maximum atomic E-state index is 5.82. The van der Waals surface area contributed by atoms with Gasteiger partial charge in [-0.05, 0) is 37.9 Å². The normalized spacial score (nSPS) is 22.8. The second-order valence-electron chi connectivity index (χ2n) is 4.75. The lowest BCUT2D eigenvalue weighted by molar-refractivity contribution is 0.250. The molecule has 2 aromatic heterocycles. The standard InChI is InChI=1S/C13H15ClN4O/c1-2-13(6-3-7-16-13)12-17-11(18-19-12)10-5-4-9(14)8-15-10/h4-5,8,16H,2-3,6-7H2,1H3. The molecule has 1 aliphatic rings. The van der Waals surface area contributed by atoms with Crippen molar-refractivity contribution in [1.29, 1.82) is 0 Å². The molecule has 0 spiro atoms. The quantitative estimate of drug-likeness (QED) is 0.935. The summed E-state index contributed by atoms with van der Waals surface area (Å²) in [6.07, 6.45) is 4.67. The topological polar surface area (TPSA) is 63.8 Å². The Balaban J connectivity index is 1.92. The maximum Gasteiger partial charge on any atom is 0.247 e. The van der Waals surface area contributed by atoms with E-state index in [4.69, 9.17) is 16.1 Å². The third kappa shape index (κ3) is 2.24. The molecule has 1 N–H and O–H groups in total. The molecule has 1 saturated heterocycles. The smallest absolute Gasteiger partial charge is 0.247 e. The van der Waals surface area contributed by atoms with Crippen molar-refractivity contribution in [2.24, 2.45) is 0 Å². The van der Waals surface area contributed by atoms with Crippen molar-refractivity contribution in [2.45, 2.75) is 31.7 Å². The summed E-state index contributed by atoms with van der Waals surface area (Å²) in [6.45, 7) is 3.12. The van der Waals surface area contributed by atoms with Crippen LogP contribution in [-0.4, -0.2) is 21.7 Å². The van der Waals surface area contributed by atoms with E-state index < -0.39 is 0 Å². The van der Waals surface area contributed by atoms with Crippen molar-refractivity contribution >= 4 is 11.6 Å². The number of rotatable bonds is 3. The first-order chi connectivity index (χ1) is 9.23. The van der Waals surface area contributed by atoms with Crippen LogP contribution in [0, 0.1) is 0 Å². The number of hydrogen-bond donors (Lipinski definition) is 1. The zero-order valence-corrected chi connectivity index (χ0v) is 11.4. The van der Waals surface area contributed by atoms with E-state index >= 15 is 0 Å². The average Bonchev–Trinajstić information content (AvgIpc) is 3.09. The van der Waals surface area contributed by atoms with E-state index in [1.165, 1.54) is 0 Å². The molecule has 1 unspecified atom stereocenters. The predicted octanol–water partition coefficient (Wildman–Crippen LogP) is 2.77. The van der Waals surface area contributed by atoms with Crippen molar-refractivity contribution in [3.8, 4) is 11.5 Å². The highest BCUT2D eigenvalue weighted by molar-refractivity contribution is 6.30. The van der Waals surface area contributed by atoms with E-state index in [2.05, 4.69) is 27.4 Å². The Morgan fingerprint density at radius 2 is 2.37 bits per heavy atom. The van der Waals surface area contributed by atoms with Gasteiger partial charge in [0.05, 0.1) is 10.6 Å². The number of nitrogens with one attached hydrogen (secondary N) is 1. The average molecular weight is 279 g/mol. The molecule has 19 heavy (non-hydrogen) atoms. The molecule has 3 heterocycles. The van der Waals surface area contributed by atoms with Crippen LogP contribution in [0.2, 0.25) is 5.02 Å². The van der Waals surface area contributed by atoms with Gasteiger partial charge in [0.15, 0.2) is 0 Å². The van der Waals surface area contributed by atoms with E-state index in [9.17, 15) is 0 Å². The summed E-state index contributed by atoms with van der Waals surface area (Å²) in [7, 11) is 0. The second-order valence-corrected chi connectivity index (χ2v) is 5.19. The molecule has 1 fully saturated rings. The minimum atomic E-state index is -0.169. The van der Waals surface area contributed by atoms with Crippen molar-refractivity contribution in [2.75, 3.05) is 6.54 Å². The zero-order valence-electron chi connectivity index (χ0n) is 10.7. The summed E-state index contributed by atoms with van der Waals surface area (Å²) < 4.78 is 5.43. The molecular formula is C13H15ClN4O. The third-order valence-electron chi connectivity index (χ3n) is 3.64. The largest absolute Gasteiger partial charge is 0.337 e. The van der Waals surface area contributed by atoms with Crippen LogP contribution in [0.1, 0.15) is 32.1 Å². The van der Waals surface area contributed by atoms with Gasteiger partial charge in [-0.2, -0.15) is 4.98 Å². The van der Waals surface area contributed by atoms with Crippen LogP contribution in [0.15, 0.2) is 22.9 Å². The number of hydrogen-bond acceptors (Lipinski definition) is 5. The van der Waals surface area contributed by atoms with Gasteiger partial charge >= 0.3 is 0 Å². The number of aromatic nitrogens is 3. The van der Waals surface area contributed by atoms with Gasteiger partial charge in [0.25, 0.3) is 0 Å². The molecule has 5 nitrogen and oxygen atoms in total. The van der Waals surface area contributed by atoms with E-state index in [0.29, 0.717) is 22.4 Å². The summed E-state index contributed by atoms with van der Waals surface area (Å²) in [6, 6.07) is 3.56. The molecule has 1 aliphatic heterocycles. The number of nitrogens with zero attached hydrogens (tertiary/aromatic N) is 3. The first-order valence-corrected chi connectivity index (χ1v) is 6.82. The van der Waals surface area contributed by atoms with E-state index in [1.54, 1.807) is 18.3 Å². The Labute approximate surface area is 116 Å². The summed E-state index contributed by atoms with van der Waals surface area (Å²) >= 11 is 5.82. The minimum Gasteiger partial charge on any atom is -0.337 e. The van der Waals surface area contributed by atoms with Crippen molar-refractivity contribution in [3.63, 3.8) is 0 Å². The summed E-state index contributed by atoms with van der Waals surface area (Å²) in [5, 5.41) is 8.09. The fraction of sp³-hybridized carbons (Fsp3) is 0.462. The van der Waals surface area contributed by atoms with E-state index in [0.717, 1.165) is 25.8 Å². The van der Waals surface area contributed by atoms with Gasteiger partial charge in [-0.3, -0.25) is 4.98 Å². The number of halogens is 1. The fourth-order valence-electron chi connectivity index (χ4n) is 2.47. The fourth-order valence-corrected chi connectivity index (χ4v) is 2.58. The van der Waals surface area contributed by atoms with Crippen LogP contribution >= 0.6 is 11.6 Å². The van der Waals surface area contributed by atoms with Crippen molar-refractivity contribution in [3.05, 3.63) is 29.2 Å². The summed E-state index contributed by atoms with van der Waals surface area (Å²) in [4.78, 5) is 8.69. The van der Waals surface area contributed by atoms with Gasteiger partial charge in [-0.1, -0.05) is 23.7 Å². The second kappa shape index (κ2) is 4.90. The van der Waals surface area contributed by atoms with Crippen LogP contribution in [0.3, 0.4) is 0 Å². The highest BCUT2D eigenvalue weighted by Crippen LogP contribution is 2.33. The first kappa shape index (κ1) is 12.6. The zero-order chi connectivity index (χ0) is 13.3. The van der Waals surface area contributed by atoms with Crippen molar-refractivity contribution in [1.82, 2.24) is 20.4 Å². The Bertz CT molecular complexity index is 560. The summed E-state index contributed by atoms with van der Waals surface area (Å²) in [5.74, 6) is 1.16. The molecular weight excluding hydrogens is 264 g/mol. The highest BCUT2D eigenvalue weighted by atomic mass is 35.5. The van der Waals surface area contributed by atoms with Crippen molar-refractivity contribution < 1.29 is 4.52 Å². The number of pyridine rings is 1. The van der Waals surface area contributed by atoms with Gasteiger partial charge in [0.2, 0.25) is 11.7 Å². The van der Waals surface area contributed by atoms with Gasteiger partial charge in [-0.15, -0.1) is 0 Å². The highest BCUT2D eigenvalue weighted by Gasteiger charge is 2.39. The molecule has 0 amide bonds. The van der Waals surface area contributed by atoms with Crippen LogP contribution < -0.4 is 5.32 Å². The molecule has 0 radical (unpaired) electrons. The Hall–Kier alpha value is -1.46. The molecule has 3 rings (SSSR count). The van der Waals surface area contributed by atoms with Gasteiger partial charge in [-0.25, -0.2) is 0 Å². The SMILES string of the molecule is CCC1(c2nc(-c3ccc(Cl)cn3)no2)CCCN1. The molecule has 0 saturated carbocycles. The molecule has 1 atom stereocenters. The Morgan fingerprint density at radius 3 is 3.00 bits per heavy atom. The van der Waals surface area contributed by atoms with E-state index in [1.807, 2.05) is 0 Å². The van der Waals surface area contributed by atoms with E-state index in [-0.39, 0.29) is 5.54 Å². The molecule has 0 aliphatic carbocycles. The van der Waals surface area contributed by atoms with Gasteiger partial charge < -0.3 is 9.84 Å². The van der Waals surface area contributed by atoms with Crippen LogP contribution in [-0.2, 0) is 5.54 Å².